The van der Waals surface area contributed by atoms with Crippen LogP contribution in [0.15, 0.2) is 77.8 Å². The zero-order chi connectivity index (χ0) is 19.7. The number of nitrogens with zero attached hydrogens (tertiary/aromatic N) is 3. The van der Waals surface area contributed by atoms with Gasteiger partial charge in [0.1, 0.15) is 0 Å². The van der Waals surface area contributed by atoms with Crippen LogP contribution < -0.4 is 4.90 Å². The van der Waals surface area contributed by atoms with Crippen LogP contribution in [-0.2, 0) is 4.79 Å². The normalized spacial score (nSPS) is 15.4. The van der Waals surface area contributed by atoms with Crippen molar-refractivity contribution in [1.29, 1.82) is 0 Å². The molecular formula is C20H13N3O3S2. The molecule has 1 aliphatic rings. The van der Waals surface area contributed by atoms with Crippen molar-refractivity contribution in [3.8, 4) is 5.69 Å². The van der Waals surface area contributed by atoms with Gasteiger partial charge in [-0.25, -0.2) is 0 Å². The van der Waals surface area contributed by atoms with Gasteiger partial charge >= 0.3 is 0 Å². The van der Waals surface area contributed by atoms with Gasteiger partial charge < -0.3 is 4.57 Å². The van der Waals surface area contributed by atoms with Crippen molar-refractivity contribution >= 4 is 51.7 Å². The van der Waals surface area contributed by atoms with Crippen molar-refractivity contribution in [3.63, 3.8) is 0 Å². The maximum Gasteiger partial charge on any atom is 0.271 e. The third-order valence-corrected chi connectivity index (χ3v) is 5.49. The van der Waals surface area contributed by atoms with Crippen molar-refractivity contribution in [2.24, 2.45) is 0 Å². The molecule has 2 heterocycles. The molecule has 8 heteroatoms. The van der Waals surface area contributed by atoms with E-state index in [1.807, 2.05) is 42.5 Å². The number of thioether (sulfide) groups is 1. The minimum Gasteiger partial charge on any atom is -0.317 e. The third kappa shape index (κ3) is 3.35. The highest BCUT2D eigenvalue weighted by Crippen LogP contribution is 2.36. The second-order valence-electron chi connectivity index (χ2n) is 5.93. The van der Waals surface area contributed by atoms with Gasteiger partial charge in [-0.3, -0.25) is 19.8 Å². The Labute approximate surface area is 170 Å². The van der Waals surface area contributed by atoms with Crippen LogP contribution in [0.25, 0.3) is 11.8 Å². The Hall–Kier alpha value is -3.23. The van der Waals surface area contributed by atoms with E-state index in [-0.39, 0.29) is 11.6 Å². The molecular weight excluding hydrogens is 394 g/mol. The number of carbonyl (C=O) groups excluding carboxylic acids is 1. The smallest absolute Gasteiger partial charge is 0.271 e. The molecule has 0 aliphatic carbocycles. The van der Waals surface area contributed by atoms with Gasteiger partial charge in [-0.15, -0.1) is 0 Å². The Morgan fingerprint density at radius 1 is 1.00 bits per heavy atom. The number of rotatable bonds is 4. The number of amides is 1. The van der Waals surface area contributed by atoms with E-state index in [1.54, 1.807) is 29.0 Å². The van der Waals surface area contributed by atoms with Crippen LogP contribution in [0.2, 0.25) is 0 Å². The van der Waals surface area contributed by atoms with Gasteiger partial charge in [-0.2, -0.15) is 0 Å². The summed E-state index contributed by atoms with van der Waals surface area (Å²) in [7, 11) is 0. The number of para-hydroxylation sites is 1. The summed E-state index contributed by atoms with van der Waals surface area (Å²) >= 11 is 6.62. The maximum atomic E-state index is 12.9. The number of non-ortho nitro benzene ring substituents is 1. The van der Waals surface area contributed by atoms with E-state index < -0.39 is 4.92 Å². The van der Waals surface area contributed by atoms with Crippen molar-refractivity contribution < 1.29 is 9.72 Å². The van der Waals surface area contributed by atoms with Gasteiger partial charge in [-0.05, 0) is 36.4 Å². The summed E-state index contributed by atoms with van der Waals surface area (Å²) < 4.78 is 2.26. The van der Waals surface area contributed by atoms with Gasteiger partial charge in [-0.1, -0.05) is 48.2 Å². The number of benzene rings is 2. The molecule has 0 atom stereocenters. The lowest BCUT2D eigenvalue weighted by Crippen LogP contribution is -2.27. The first-order chi connectivity index (χ1) is 13.5. The number of hydrogen-bond acceptors (Lipinski definition) is 5. The first-order valence-electron chi connectivity index (χ1n) is 8.30. The summed E-state index contributed by atoms with van der Waals surface area (Å²) in [5.74, 6) is -0.187. The van der Waals surface area contributed by atoms with Crippen LogP contribution in [0.1, 0.15) is 5.69 Å². The van der Waals surface area contributed by atoms with Crippen molar-refractivity contribution in [2.45, 2.75) is 0 Å². The van der Waals surface area contributed by atoms with E-state index in [2.05, 4.69) is 0 Å². The second kappa shape index (κ2) is 7.41. The van der Waals surface area contributed by atoms with Gasteiger partial charge in [0.05, 0.1) is 21.2 Å². The number of carbonyl (C=O) groups is 1. The van der Waals surface area contributed by atoms with Gasteiger partial charge in [0, 0.05) is 24.0 Å². The fraction of sp³-hybridized carbons (Fsp3) is 0. The highest BCUT2D eigenvalue weighted by atomic mass is 32.2. The highest BCUT2D eigenvalue weighted by molar-refractivity contribution is 8.27. The van der Waals surface area contributed by atoms with Crippen molar-refractivity contribution in [1.82, 2.24) is 4.57 Å². The molecule has 0 unspecified atom stereocenters. The molecule has 1 aromatic heterocycles. The van der Waals surface area contributed by atoms with Crippen LogP contribution in [0.3, 0.4) is 0 Å². The Morgan fingerprint density at radius 2 is 1.75 bits per heavy atom. The molecule has 1 saturated heterocycles. The summed E-state index contributed by atoms with van der Waals surface area (Å²) in [6, 6.07) is 19.3. The third-order valence-electron chi connectivity index (χ3n) is 4.19. The Morgan fingerprint density at radius 3 is 2.50 bits per heavy atom. The fourth-order valence-electron chi connectivity index (χ4n) is 2.90. The van der Waals surface area contributed by atoms with Crippen LogP contribution >= 0.6 is 24.0 Å². The lowest BCUT2D eigenvalue weighted by molar-refractivity contribution is -0.384. The molecule has 1 fully saturated rings. The topological polar surface area (TPSA) is 68.4 Å². The Kier molecular flexibility index (Phi) is 4.81. The van der Waals surface area contributed by atoms with Gasteiger partial charge in [0.2, 0.25) is 0 Å². The zero-order valence-electron chi connectivity index (χ0n) is 14.4. The number of anilines is 1. The van der Waals surface area contributed by atoms with Crippen LogP contribution in [0.4, 0.5) is 11.4 Å². The molecule has 0 bridgehead atoms. The highest BCUT2D eigenvalue weighted by Gasteiger charge is 2.33. The van der Waals surface area contributed by atoms with Crippen molar-refractivity contribution in [3.05, 3.63) is 93.6 Å². The standard InChI is InChI=1S/C20H13N3O3S2/c24-19-18(28-20(27)22(19)14-6-2-1-3-7-14)13-16-10-5-11-21(16)15-8-4-9-17(12-15)23(25)26/h1-13H/b18-13+. The van der Waals surface area contributed by atoms with E-state index in [1.165, 1.54) is 28.8 Å². The SMILES string of the molecule is O=C1/C(=C\c2cccn2-c2cccc([N+](=O)[O-])c2)SC(=S)N1c1ccccc1. The molecule has 4 rings (SSSR count). The number of hydrogen-bond donors (Lipinski definition) is 0. The number of nitro benzene ring substituents is 1. The average molecular weight is 407 g/mol. The summed E-state index contributed by atoms with van der Waals surface area (Å²) in [5.41, 5.74) is 2.10. The van der Waals surface area contributed by atoms with Gasteiger partial charge in [0.15, 0.2) is 4.32 Å². The number of aromatic nitrogens is 1. The van der Waals surface area contributed by atoms with Crippen molar-refractivity contribution in [2.75, 3.05) is 4.90 Å². The molecule has 0 saturated carbocycles. The molecule has 6 nitrogen and oxygen atoms in total. The number of thiocarbonyl (C=S) groups is 1. The van der Waals surface area contributed by atoms with Crippen LogP contribution in [0, 0.1) is 10.1 Å². The minimum atomic E-state index is -0.433. The summed E-state index contributed by atoms with van der Waals surface area (Å²) in [4.78, 5) is 25.5. The first-order valence-corrected chi connectivity index (χ1v) is 9.52. The molecule has 0 radical (unpaired) electrons. The van der Waals surface area contributed by atoms with E-state index in [9.17, 15) is 14.9 Å². The summed E-state index contributed by atoms with van der Waals surface area (Å²) in [6.45, 7) is 0. The van der Waals surface area contributed by atoms with E-state index in [4.69, 9.17) is 12.2 Å². The predicted molar refractivity (Wildman–Crippen MR) is 115 cm³/mol. The van der Waals surface area contributed by atoms with Gasteiger partial charge in [0.25, 0.3) is 11.6 Å². The minimum absolute atomic E-state index is 0.00699. The molecule has 0 N–H and O–H groups in total. The lowest BCUT2D eigenvalue weighted by Gasteiger charge is -2.13. The molecule has 1 aliphatic heterocycles. The fourth-order valence-corrected chi connectivity index (χ4v) is 4.19. The van der Waals surface area contributed by atoms with E-state index in [0.717, 1.165) is 11.4 Å². The molecule has 3 aromatic rings. The van der Waals surface area contributed by atoms with Crippen LogP contribution in [0.5, 0.6) is 0 Å². The monoisotopic (exact) mass is 407 g/mol. The molecule has 0 spiro atoms. The average Bonchev–Trinajstić information content (AvgIpc) is 3.27. The zero-order valence-corrected chi connectivity index (χ0v) is 16.0. The predicted octanol–water partition coefficient (Wildman–Crippen LogP) is 4.79. The second-order valence-corrected chi connectivity index (χ2v) is 7.61. The quantitative estimate of drug-likeness (QED) is 0.269. The largest absolute Gasteiger partial charge is 0.317 e. The summed E-state index contributed by atoms with van der Waals surface area (Å²) in [6.07, 6.45) is 3.55. The molecule has 2 aromatic carbocycles. The molecule has 1 amide bonds. The Bertz CT molecular complexity index is 1120. The first kappa shape index (κ1) is 18.1. The lowest BCUT2D eigenvalue weighted by atomic mass is 10.2. The maximum absolute atomic E-state index is 12.9. The molecule has 28 heavy (non-hydrogen) atoms. The number of nitro groups is 1. The van der Waals surface area contributed by atoms with E-state index >= 15 is 0 Å². The van der Waals surface area contributed by atoms with Crippen LogP contribution in [-0.4, -0.2) is 19.7 Å². The Balaban J connectivity index is 1.69. The van der Waals surface area contributed by atoms with E-state index in [0.29, 0.717) is 14.9 Å². The summed E-state index contributed by atoms with van der Waals surface area (Å²) in [5, 5.41) is 11.1. The molecule has 138 valence electrons.